The van der Waals surface area contributed by atoms with E-state index in [2.05, 4.69) is 4.90 Å². The first kappa shape index (κ1) is 11.4. The van der Waals surface area contributed by atoms with E-state index in [4.69, 9.17) is 4.74 Å². The van der Waals surface area contributed by atoms with Crippen LogP contribution in [0.1, 0.15) is 24.5 Å². The van der Waals surface area contributed by atoms with E-state index in [0.29, 0.717) is 6.54 Å². The van der Waals surface area contributed by atoms with Gasteiger partial charge in [0, 0.05) is 12.1 Å². The Balaban J connectivity index is 2.04. The Labute approximate surface area is 96.6 Å². The van der Waals surface area contributed by atoms with E-state index < -0.39 is 6.10 Å². The SMILES string of the molecule is COc1ccccc1C(O)CN1CCCC1. The molecule has 3 heteroatoms. The van der Waals surface area contributed by atoms with Crippen molar-refractivity contribution in [3.63, 3.8) is 0 Å². The molecule has 88 valence electrons. The third-order valence-corrected chi connectivity index (χ3v) is 3.13. The van der Waals surface area contributed by atoms with Gasteiger partial charge in [-0.15, -0.1) is 0 Å². The van der Waals surface area contributed by atoms with Gasteiger partial charge in [-0.25, -0.2) is 0 Å². The van der Waals surface area contributed by atoms with Crippen LogP contribution in [0.4, 0.5) is 0 Å². The zero-order valence-electron chi connectivity index (χ0n) is 9.72. The molecule has 1 fully saturated rings. The number of aliphatic hydroxyl groups excluding tert-OH is 1. The zero-order chi connectivity index (χ0) is 11.4. The van der Waals surface area contributed by atoms with Crippen molar-refractivity contribution in [2.75, 3.05) is 26.7 Å². The van der Waals surface area contributed by atoms with Crippen LogP contribution < -0.4 is 4.74 Å². The molecule has 0 bridgehead atoms. The van der Waals surface area contributed by atoms with Crippen molar-refractivity contribution in [1.29, 1.82) is 0 Å². The molecule has 0 amide bonds. The van der Waals surface area contributed by atoms with Crippen LogP contribution in [-0.4, -0.2) is 36.8 Å². The van der Waals surface area contributed by atoms with Crippen molar-refractivity contribution >= 4 is 0 Å². The van der Waals surface area contributed by atoms with Crippen LogP contribution in [0.15, 0.2) is 24.3 Å². The predicted molar refractivity (Wildman–Crippen MR) is 63.6 cm³/mol. The molecule has 1 aliphatic heterocycles. The van der Waals surface area contributed by atoms with E-state index >= 15 is 0 Å². The van der Waals surface area contributed by atoms with Crippen molar-refractivity contribution in [3.05, 3.63) is 29.8 Å². The number of β-amino-alcohol motifs (C(OH)–C–C–N with tert-alkyl or cyclic N) is 1. The van der Waals surface area contributed by atoms with Crippen LogP contribution >= 0.6 is 0 Å². The van der Waals surface area contributed by atoms with E-state index in [1.165, 1.54) is 12.8 Å². The summed E-state index contributed by atoms with van der Waals surface area (Å²) in [6.07, 6.45) is 2.05. The van der Waals surface area contributed by atoms with Crippen molar-refractivity contribution < 1.29 is 9.84 Å². The molecule has 0 radical (unpaired) electrons. The summed E-state index contributed by atoms with van der Waals surface area (Å²) in [5, 5.41) is 10.2. The van der Waals surface area contributed by atoms with Crippen LogP contribution in [0.25, 0.3) is 0 Å². The largest absolute Gasteiger partial charge is 0.496 e. The summed E-state index contributed by atoms with van der Waals surface area (Å²) in [4.78, 5) is 2.30. The molecule has 1 saturated heterocycles. The van der Waals surface area contributed by atoms with E-state index in [-0.39, 0.29) is 0 Å². The van der Waals surface area contributed by atoms with Crippen LogP contribution in [-0.2, 0) is 0 Å². The highest BCUT2D eigenvalue weighted by Gasteiger charge is 2.18. The van der Waals surface area contributed by atoms with E-state index in [0.717, 1.165) is 24.4 Å². The number of likely N-dealkylation sites (tertiary alicyclic amines) is 1. The molecular formula is C13H19NO2. The third-order valence-electron chi connectivity index (χ3n) is 3.13. The summed E-state index contributed by atoms with van der Waals surface area (Å²) in [6, 6.07) is 7.68. The topological polar surface area (TPSA) is 32.7 Å². The molecule has 0 aromatic heterocycles. The summed E-state index contributed by atoms with van der Waals surface area (Å²) in [6.45, 7) is 2.92. The Hall–Kier alpha value is -1.06. The second-order valence-corrected chi connectivity index (χ2v) is 4.27. The first-order chi connectivity index (χ1) is 7.81. The summed E-state index contributed by atoms with van der Waals surface area (Å²) >= 11 is 0. The Bertz CT molecular complexity index is 334. The molecular weight excluding hydrogens is 202 g/mol. The molecule has 1 N–H and O–H groups in total. The lowest BCUT2D eigenvalue weighted by atomic mass is 10.1. The van der Waals surface area contributed by atoms with Crippen LogP contribution in [0.2, 0.25) is 0 Å². The molecule has 1 aromatic rings. The van der Waals surface area contributed by atoms with Crippen molar-refractivity contribution in [2.45, 2.75) is 18.9 Å². The van der Waals surface area contributed by atoms with E-state index in [9.17, 15) is 5.11 Å². The first-order valence-corrected chi connectivity index (χ1v) is 5.84. The second-order valence-electron chi connectivity index (χ2n) is 4.27. The molecule has 3 nitrogen and oxygen atoms in total. The Morgan fingerprint density at radius 1 is 1.31 bits per heavy atom. The quantitative estimate of drug-likeness (QED) is 0.842. The maximum Gasteiger partial charge on any atom is 0.124 e. The number of para-hydroxylation sites is 1. The summed E-state index contributed by atoms with van der Waals surface area (Å²) in [5.41, 5.74) is 0.886. The first-order valence-electron chi connectivity index (χ1n) is 5.84. The van der Waals surface area contributed by atoms with Crippen molar-refractivity contribution in [1.82, 2.24) is 4.90 Å². The molecule has 0 saturated carbocycles. The Morgan fingerprint density at radius 3 is 2.69 bits per heavy atom. The fraction of sp³-hybridized carbons (Fsp3) is 0.538. The van der Waals surface area contributed by atoms with Crippen molar-refractivity contribution in [2.24, 2.45) is 0 Å². The summed E-state index contributed by atoms with van der Waals surface area (Å²) in [7, 11) is 1.64. The van der Waals surface area contributed by atoms with Gasteiger partial charge in [-0.2, -0.15) is 0 Å². The fourth-order valence-electron chi connectivity index (χ4n) is 2.25. The van der Waals surface area contributed by atoms with Crippen molar-refractivity contribution in [3.8, 4) is 5.75 Å². The van der Waals surface area contributed by atoms with Gasteiger partial charge in [0.15, 0.2) is 0 Å². The molecule has 16 heavy (non-hydrogen) atoms. The van der Waals surface area contributed by atoms with E-state index in [1.807, 2.05) is 24.3 Å². The van der Waals surface area contributed by atoms with Gasteiger partial charge in [0.1, 0.15) is 5.75 Å². The van der Waals surface area contributed by atoms with Gasteiger partial charge in [-0.1, -0.05) is 18.2 Å². The maximum atomic E-state index is 10.2. The lowest BCUT2D eigenvalue weighted by Crippen LogP contribution is -2.25. The summed E-state index contributed by atoms with van der Waals surface area (Å²) in [5.74, 6) is 0.772. The number of hydrogen-bond acceptors (Lipinski definition) is 3. The molecule has 0 aliphatic carbocycles. The Kier molecular flexibility index (Phi) is 3.80. The average Bonchev–Trinajstić information content (AvgIpc) is 2.81. The standard InChI is InChI=1S/C13H19NO2/c1-16-13-7-3-2-6-11(13)12(15)10-14-8-4-5-9-14/h2-3,6-7,12,15H,4-5,8-10H2,1H3. The monoisotopic (exact) mass is 221 g/mol. The molecule has 1 aromatic carbocycles. The van der Waals surface area contributed by atoms with Gasteiger partial charge in [0.25, 0.3) is 0 Å². The molecule has 0 spiro atoms. The zero-order valence-corrected chi connectivity index (χ0v) is 9.72. The number of hydrogen-bond donors (Lipinski definition) is 1. The van der Waals surface area contributed by atoms with Gasteiger partial charge >= 0.3 is 0 Å². The number of methoxy groups -OCH3 is 1. The molecule has 2 rings (SSSR count). The number of aliphatic hydroxyl groups is 1. The van der Waals surface area contributed by atoms with Gasteiger partial charge in [-0.3, -0.25) is 0 Å². The number of nitrogens with zero attached hydrogens (tertiary/aromatic N) is 1. The minimum Gasteiger partial charge on any atom is -0.496 e. The summed E-state index contributed by atoms with van der Waals surface area (Å²) < 4.78 is 5.25. The fourth-order valence-corrected chi connectivity index (χ4v) is 2.25. The highest BCUT2D eigenvalue weighted by atomic mass is 16.5. The van der Waals surface area contributed by atoms with Gasteiger partial charge in [0.05, 0.1) is 13.2 Å². The molecule has 1 atom stereocenters. The van der Waals surface area contributed by atoms with Gasteiger partial charge in [-0.05, 0) is 32.0 Å². The van der Waals surface area contributed by atoms with Crippen LogP contribution in [0.3, 0.4) is 0 Å². The van der Waals surface area contributed by atoms with E-state index in [1.54, 1.807) is 7.11 Å². The molecule has 1 unspecified atom stereocenters. The predicted octanol–water partition coefficient (Wildman–Crippen LogP) is 1.82. The number of benzene rings is 1. The smallest absolute Gasteiger partial charge is 0.124 e. The Morgan fingerprint density at radius 2 is 2.00 bits per heavy atom. The second kappa shape index (κ2) is 5.32. The highest BCUT2D eigenvalue weighted by Crippen LogP contribution is 2.26. The minimum absolute atomic E-state index is 0.450. The molecule has 1 aliphatic rings. The van der Waals surface area contributed by atoms with Gasteiger partial charge in [0.2, 0.25) is 0 Å². The third kappa shape index (κ3) is 2.54. The number of ether oxygens (including phenoxy) is 1. The highest BCUT2D eigenvalue weighted by molar-refractivity contribution is 5.35. The number of rotatable bonds is 4. The van der Waals surface area contributed by atoms with Crippen LogP contribution in [0.5, 0.6) is 5.75 Å². The maximum absolute atomic E-state index is 10.2. The van der Waals surface area contributed by atoms with Crippen LogP contribution in [0, 0.1) is 0 Å². The van der Waals surface area contributed by atoms with Gasteiger partial charge < -0.3 is 14.7 Å². The minimum atomic E-state index is -0.450. The lowest BCUT2D eigenvalue weighted by molar-refractivity contribution is 0.123. The average molecular weight is 221 g/mol. The normalized spacial score (nSPS) is 18.6. The molecule has 1 heterocycles. The lowest BCUT2D eigenvalue weighted by Gasteiger charge is -2.20.